The lowest BCUT2D eigenvalue weighted by atomic mass is 10.1. The van der Waals surface area contributed by atoms with Gasteiger partial charge in [-0.05, 0) is 31.5 Å². The smallest absolute Gasteiger partial charge is 0.305 e. The molecule has 0 unspecified atom stereocenters. The molecular formula is C19H19N3O5. The Balaban J connectivity index is 1.41. The SMILES string of the molecule is Cc1c(C(=O)NNC(=O)CCCNC(=O)c2ccco2)oc2ccccc12. The van der Waals surface area contributed by atoms with E-state index in [1.165, 1.54) is 6.26 Å². The first kappa shape index (κ1) is 18.2. The third-order valence-electron chi connectivity index (χ3n) is 3.98. The summed E-state index contributed by atoms with van der Waals surface area (Å²) in [6, 6.07) is 10.5. The number of hydrogen-bond donors (Lipinski definition) is 3. The van der Waals surface area contributed by atoms with E-state index in [2.05, 4.69) is 16.2 Å². The summed E-state index contributed by atoms with van der Waals surface area (Å²) in [5.74, 6) is -0.864. The molecule has 0 bridgehead atoms. The average molecular weight is 369 g/mol. The van der Waals surface area contributed by atoms with Crippen molar-refractivity contribution in [2.45, 2.75) is 19.8 Å². The van der Waals surface area contributed by atoms with Gasteiger partial charge in [0.1, 0.15) is 5.58 Å². The fourth-order valence-electron chi connectivity index (χ4n) is 2.58. The third-order valence-corrected chi connectivity index (χ3v) is 3.98. The maximum Gasteiger partial charge on any atom is 0.305 e. The summed E-state index contributed by atoms with van der Waals surface area (Å²) in [5.41, 5.74) is 5.99. The van der Waals surface area contributed by atoms with Crippen LogP contribution >= 0.6 is 0 Å². The van der Waals surface area contributed by atoms with Crippen LogP contribution in [0.25, 0.3) is 11.0 Å². The minimum absolute atomic E-state index is 0.137. The summed E-state index contributed by atoms with van der Waals surface area (Å²) < 4.78 is 10.5. The van der Waals surface area contributed by atoms with Crippen LogP contribution in [0, 0.1) is 6.92 Å². The molecule has 0 fully saturated rings. The summed E-state index contributed by atoms with van der Waals surface area (Å²) in [4.78, 5) is 35.7. The van der Waals surface area contributed by atoms with E-state index in [1.807, 2.05) is 18.2 Å². The van der Waals surface area contributed by atoms with Crippen molar-refractivity contribution in [2.75, 3.05) is 6.54 Å². The summed E-state index contributed by atoms with van der Waals surface area (Å²) in [6.07, 6.45) is 1.96. The highest BCUT2D eigenvalue weighted by molar-refractivity contribution is 5.99. The molecule has 0 saturated carbocycles. The van der Waals surface area contributed by atoms with E-state index in [1.54, 1.807) is 25.1 Å². The van der Waals surface area contributed by atoms with Crippen LogP contribution in [0.4, 0.5) is 0 Å². The Morgan fingerprint density at radius 2 is 1.81 bits per heavy atom. The molecule has 8 heteroatoms. The molecule has 0 radical (unpaired) electrons. The molecule has 27 heavy (non-hydrogen) atoms. The normalized spacial score (nSPS) is 10.6. The van der Waals surface area contributed by atoms with Crippen molar-refractivity contribution in [3.8, 4) is 0 Å². The maximum absolute atomic E-state index is 12.2. The van der Waals surface area contributed by atoms with Gasteiger partial charge in [-0.15, -0.1) is 0 Å². The summed E-state index contributed by atoms with van der Waals surface area (Å²) in [6.45, 7) is 2.09. The topological polar surface area (TPSA) is 114 Å². The highest BCUT2D eigenvalue weighted by atomic mass is 16.3. The number of carbonyl (C=O) groups is 3. The van der Waals surface area contributed by atoms with Gasteiger partial charge in [-0.1, -0.05) is 18.2 Å². The Labute approximate surface area is 154 Å². The number of amides is 3. The van der Waals surface area contributed by atoms with Gasteiger partial charge in [0.15, 0.2) is 11.5 Å². The molecule has 2 aromatic heterocycles. The highest BCUT2D eigenvalue weighted by Crippen LogP contribution is 2.24. The number of aryl methyl sites for hydroxylation is 1. The van der Waals surface area contributed by atoms with E-state index in [0.29, 0.717) is 24.1 Å². The lowest BCUT2D eigenvalue weighted by molar-refractivity contribution is -0.121. The van der Waals surface area contributed by atoms with Gasteiger partial charge in [0.2, 0.25) is 5.91 Å². The zero-order valence-electron chi connectivity index (χ0n) is 14.7. The number of rotatable bonds is 6. The Morgan fingerprint density at radius 1 is 1.00 bits per heavy atom. The molecule has 0 atom stereocenters. The molecule has 3 N–H and O–H groups in total. The molecule has 3 rings (SSSR count). The molecule has 0 aliphatic heterocycles. The van der Waals surface area contributed by atoms with E-state index in [0.717, 1.165) is 5.39 Å². The fourth-order valence-corrected chi connectivity index (χ4v) is 2.58. The number of carbonyl (C=O) groups excluding carboxylic acids is 3. The first-order valence-corrected chi connectivity index (χ1v) is 8.45. The van der Waals surface area contributed by atoms with Crippen LogP contribution in [-0.2, 0) is 4.79 Å². The predicted molar refractivity (Wildman–Crippen MR) is 96.8 cm³/mol. The molecule has 140 valence electrons. The number of hydrogen-bond acceptors (Lipinski definition) is 5. The monoisotopic (exact) mass is 369 g/mol. The molecule has 2 heterocycles. The molecule has 3 aromatic rings. The molecule has 0 aliphatic carbocycles. The predicted octanol–water partition coefficient (Wildman–Crippen LogP) is 2.31. The maximum atomic E-state index is 12.2. The van der Waals surface area contributed by atoms with Crippen molar-refractivity contribution in [3.63, 3.8) is 0 Å². The van der Waals surface area contributed by atoms with Crippen molar-refractivity contribution in [3.05, 3.63) is 59.7 Å². The van der Waals surface area contributed by atoms with Gasteiger partial charge in [0, 0.05) is 23.9 Å². The second-order valence-electron chi connectivity index (χ2n) is 5.89. The number of furan rings is 2. The largest absolute Gasteiger partial charge is 0.459 e. The zero-order chi connectivity index (χ0) is 19.2. The van der Waals surface area contributed by atoms with Crippen molar-refractivity contribution < 1.29 is 23.2 Å². The van der Waals surface area contributed by atoms with Crippen molar-refractivity contribution in [2.24, 2.45) is 0 Å². The number of nitrogens with one attached hydrogen (secondary N) is 3. The molecule has 3 amide bonds. The Bertz CT molecular complexity index is 959. The first-order valence-electron chi connectivity index (χ1n) is 8.45. The molecule has 8 nitrogen and oxygen atoms in total. The molecular weight excluding hydrogens is 350 g/mol. The van der Waals surface area contributed by atoms with Crippen molar-refractivity contribution in [1.29, 1.82) is 0 Å². The third kappa shape index (κ3) is 4.35. The zero-order valence-corrected chi connectivity index (χ0v) is 14.7. The number of hydrazine groups is 1. The Kier molecular flexibility index (Phi) is 5.55. The van der Waals surface area contributed by atoms with E-state index in [4.69, 9.17) is 8.83 Å². The van der Waals surface area contributed by atoms with Crippen LogP contribution in [0.2, 0.25) is 0 Å². The Morgan fingerprint density at radius 3 is 2.56 bits per heavy atom. The average Bonchev–Trinajstić information content (AvgIpc) is 3.32. The molecule has 0 aliphatic rings. The van der Waals surface area contributed by atoms with Crippen LogP contribution < -0.4 is 16.2 Å². The van der Waals surface area contributed by atoms with Gasteiger partial charge in [0.25, 0.3) is 5.91 Å². The molecule has 0 saturated heterocycles. The second-order valence-corrected chi connectivity index (χ2v) is 5.89. The Hall–Kier alpha value is -3.55. The van der Waals surface area contributed by atoms with Crippen LogP contribution in [-0.4, -0.2) is 24.3 Å². The fraction of sp³-hybridized carbons (Fsp3) is 0.211. The minimum Gasteiger partial charge on any atom is -0.459 e. The van der Waals surface area contributed by atoms with E-state index in [-0.39, 0.29) is 29.8 Å². The van der Waals surface area contributed by atoms with Gasteiger partial charge in [-0.3, -0.25) is 25.2 Å². The van der Waals surface area contributed by atoms with Gasteiger partial charge in [-0.25, -0.2) is 0 Å². The second kappa shape index (κ2) is 8.22. The first-order chi connectivity index (χ1) is 13.1. The lowest BCUT2D eigenvalue weighted by Crippen LogP contribution is -2.41. The van der Waals surface area contributed by atoms with Gasteiger partial charge < -0.3 is 14.2 Å². The number of para-hydroxylation sites is 1. The summed E-state index contributed by atoms with van der Waals surface area (Å²) in [7, 11) is 0. The summed E-state index contributed by atoms with van der Waals surface area (Å²) >= 11 is 0. The standard InChI is InChI=1S/C19H19N3O5/c1-12-13-6-2-3-7-14(13)27-17(12)19(25)22-21-16(23)9-4-10-20-18(24)15-8-5-11-26-15/h2-3,5-8,11H,4,9-10H2,1H3,(H,20,24)(H,21,23)(H,22,25). The van der Waals surface area contributed by atoms with Crippen LogP contribution in [0.5, 0.6) is 0 Å². The highest BCUT2D eigenvalue weighted by Gasteiger charge is 2.17. The van der Waals surface area contributed by atoms with Crippen LogP contribution in [0.3, 0.4) is 0 Å². The molecule has 0 spiro atoms. The van der Waals surface area contributed by atoms with Gasteiger partial charge >= 0.3 is 5.91 Å². The van der Waals surface area contributed by atoms with Crippen molar-refractivity contribution in [1.82, 2.24) is 16.2 Å². The van der Waals surface area contributed by atoms with Crippen molar-refractivity contribution >= 4 is 28.7 Å². The number of fused-ring (bicyclic) bond motifs is 1. The van der Waals surface area contributed by atoms with Crippen LogP contribution in [0.1, 0.15) is 39.5 Å². The van der Waals surface area contributed by atoms with Gasteiger partial charge in [-0.2, -0.15) is 0 Å². The van der Waals surface area contributed by atoms with Crippen LogP contribution in [0.15, 0.2) is 51.5 Å². The number of benzene rings is 1. The summed E-state index contributed by atoms with van der Waals surface area (Å²) in [5, 5.41) is 3.49. The quantitative estimate of drug-likeness (QED) is 0.456. The molecule has 1 aromatic carbocycles. The van der Waals surface area contributed by atoms with E-state index in [9.17, 15) is 14.4 Å². The van der Waals surface area contributed by atoms with Gasteiger partial charge in [0.05, 0.1) is 6.26 Å². The minimum atomic E-state index is -0.525. The van der Waals surface area contributed by atoms with E-state index >= 15 is 0 Å². The lowest BCUT2D eigenvalue weighted by Gasteiger charge is -2.07. The van der Waals surface area contributed by atoms with E-state index < -0.39 is 5.91 Å².